The maximum Gasteiger partial charge on any atom is 0.332 e. The number of rotatable bonds is 36. The Balaban J connectivity index is 0. The van der Waals surface area contributed by atoms with E-state index in [0.717, 1.165) is 39.1 Å². The fourth-order valence-electron chi connectivity index (χ4n) is 5.30. The Hall–Kier alpha value is 0.620. The van der Waals surface area contributed by atoms with Gasteiger partial charge in [0, 0.05) is 0 Å². The van der Waals surface area contributed by atoms with Crippen molar-refractivity contribution < 1.29 is 28.3 Å². The summed E-state index contributed by atoms with van der Waals surface area (Å²) in [7, 11) is -3.79. The summed E-state index contributed by atoms with van der Waals surface area (Å²) >= 11 is 0. The Bertz CT molecular complexity index is 423. The fraction of sp³-hybridized carbons (Fsp3) is 1.00. The van der Waals surface area contributed by atoms with E-state index in [1.807, 2.05) is 0 Å². The standard InChI is InChI=1S/C36H75O3P.H3O3P/c1-4-7-10-13-16-19-22-25-28-31-34-37-40(38-35-32-29-26-23-20-17-14-11-8-5-2)39-36-33-30-27-24-21-18-15-12-9-6-3;1-4(2)3/h4-36H2,1-3H3;1-3H. The van der Waals surface area contributed by atoms with Crippen LogP contribution in [-0.2, 0) is 13.6 Å². The second-order valence-corrected chi connectivity index (χ2v) is 14.3. The van der Waals surface area contributed by atoms with Crippen molar-refractivity contribution in [3.8, 4) is 0 Å². The number of hydrogen-bond acceptors (Lipinski definition) is 6. The Morgan fingerprint density at radius 1 is 0.295 bits per heavy atom. The molecule has 0 aliphatic rings. The summed E-state index contributed by atoms with van der Waals surface area (Å²) in [5.41, 5.74) is 0. The van der Waals surface area contributed by atoms with E-state index in [1.54, 1.807) is 0 Å². The molecule has 0 saturated carbocycles. The molecule has 0 aromatic heterocycles. The molecule has 0 spiro atoms. The molecule has 0 fully saturated rings. The first-order valence-electron chi connectivity index (χ1n) is 19.1. The molecule has 6 nitrogen and oxygen atoms in total. The van der Waals surface area contributed by atoms with E-state index in [9.17, 15) is 0 Å². The maximum atomic E-state index is 7.23. The molecule has 0 aliphatic carbocycles. The van der Waals surface area contributed by atoms with Crippen molar-refractivity contribution in [2.24, 2.45) is 0 Å². The smallest absolute Gasteiger partial charge is 0.328 e. The average Bonchev–Trinajstić information content (AvgIpc) is 3.00. The first-order chi connectivity index (χ1) is 21.6. The fourth-order valence-corrected chi connectivity index (χ4v) is 6.36. The van der Waals surface area contributed by atoms with Crippen LogP contribution in [0.25, 0.3) is 0 Å². The van der Waals surface area contributed by atoms with Crippen LogP contribution in [0, 0.1) is 0 Å². The summed E-state index contributed by atoms with van der Waals surface area (Å²) in [6.07, 6.45) is 40.6. The molecular weight excluding hydrogens is 590 g/mol. The Morgan fingerprint density at radius 3 is 0.636 bits per heavy atom. The van der Waals surface area contributed by atoms with E-state index in [1.165, 1.54) is 173 Å². The molecule has 44 heavy (non-hydrogen) atoms. The number of unbranched alkanes of at least 4 members (excludes halogenated alkanes) is 27. The Kier molecular flexibility index (Phi) is 46.3. The maximum absolute atomic E-state index is 7.23. The van der Waals surface area contributed by atoms with Gasteiger partial charge in [-0.2, -0.15) is 0 Å². The van der Waals surface area contributed by atoms with Gasteiger partial charge in [-0.1, -0.05) is 194 Å². The van der Waals surface area contributed by atoms with Gasteiger partial charge in [0.05, 0.1) is 19.8 Å². The van der Waals surface area contributed by atoms with Crippen molar-refractivity contribution in [1.82, 2.24) is 0 Å². The molecule has 0 heterocycles. The summed E-state index contributed by atoms with van der Waals surface area (Å²) in [5, 5.41) is 0. The van der Waals surface area contributed by atoms with E-state index in [-0.39, 0.29) is 0 Å². The molecule has 0 aromatic rings. The molecular formula is C36H78O6P2. The van der Waals surface area contributed by atoms with E-state index < -0.39 is 17.2 Å². The molecule has 0 rings (SSSR count). The first kappa shape index (κ1) is 46.7. The van der Waals surface area contributed by atoms with Crippen molar-refractivity contribution in [3.05, 3.63) is 0 Å². The summed E-state index contributed by atoms with van der Waals surface area (Å²) in [4.78, 5) is 21.7. The SMILES string of the molecule is CCCCCCCCCCCCOP(OCCCCCCCCCCCC)OCCCCCCCCCCCC.OP(O)O. The second-order valence-electron chi connectivity index (χ2n) is 12.5. The molecule has 0 aromatic carbocycles. The third kappa shape index (κ3) is 47.0. The molecule has 268 valence electrons. The van der Waals surface area contributed by atoms with Gasteiger partial charge in [0.1, 0.15) is 0 Å². The quantitative estimate of drug-likeness (QED) is 0.0455. The molecule has 8 heteroatoms. The van der Waals surface area contributed by atoms with Crippen LogP contribution >= 0.6 is 17.2 Å². The molecule has 0 saturated heterocycles. The zero-order valence-corrected chi connectivity index (χ0v) is 31.6. The van der Waals surface area contributed by atoms with Crippen LogP contribution in [0.3, 0.4) is 0 Å². The van der Waals surface area contributed by atoms with E-state index in [0.29, 0.717) is 0 Å². The van der Waals surface area contributed by atoms with Crippen molar-refractivity contribution in [3.63, 3.8) is 0 Å². The van der Waals surface area contributed by atoms with Crippen LogP contribution in [-0.4, -0.2) is 34.5 Å². The molecule has 3 N–H and O–H groups in total. The minimum Gasteiger partial charge on any atom is -0.328 e. The lowest BCUT2D eigenvalue weighted by molar-refractivity contribution is 0.153. The summed E-state index contributed by atoms with van der Waals surface area (Å²) in [6.45, 7) is 9.25. The van der Waals surface area contributed by atoms with Crippen LogP contribution < -0.4 is 0 Å². The van der Waals surface area contributed by atoms with Gasteiger partial charge in [0.2, 0.25) is 0 Å². The van der Waals surface area contributed by atoms with Crippen molar-refractivity contribution in [2.75, 3.05) is 19.8 Å². The monoisotopic (exact) mass is 669 g/mol. The predicted octanol–water partition coefficient (Wildman–Crippen LogP) is 13.2. The van der Waals surface area contributed by atoms with Gasteiger partial charge < -0.3 is 28.3 Å². The van der Waals surface area contributed by atoms with Crippen molar-refractivity contribution in [2.45, 2.75) is 213 Å². The second kappa shape index (κ2) is 43.6. The summed E-state index contributed by atoms with van der Waals surface area (Å²) in [6, 6.07) is 0. The minimum absolute atomic E-state index is 0.790. The molecule has 0 unspecified atom stereocenters. The van der Waals surface area contributed by atoms with Crippen LogP contribution in [0.5, 0.6) is 0 Å². The third-order valence-electron chi connectivity index (χ3n) is 8.08. The molecule has 0 bridgehead atoms. The van der Waals surface area contributed by atoms with E-state index >= 15 is 0 Å². The zero-order valence-electron chi connectivity index (χ0n) is 29.8. The summed E-state index contributed by atoms with van der Waals surface area (Å²) in [5.74, 6) is 0. The highest BCUT2D eigenvalue weighted by molar-refractivity contribution is 7.41. The van der Waals surface area contributed by atoms with Gasteiger partial charge in [-0.15, -0.1) is 0 Å². The van der Waals surface area contributed by atoms with Gasteiger partial charge in [0.15, 0.2) is 0 Å². The highest BCUT2D eigenvalue weighted by Gasteiger charge is 2.12. The molecule has 0 aliphatic heterocycles. The average molecular weight is 669 g/mol. The lowest BCUT2D eigenvalue weighted by Crippen LogP contribution is -2.00. The van der Waals surface area contributed by atoms with E-state index in [4.69, 9.17) is 28.3 Å². The van der Waals surface area contributed by atoms with Crippen LogP contribution in [0.15, 0.2) is 0 Å². The lowest BCUT2D eigenvalue weighted by Gasteiger charge is -2.17. The highest BCUT2D eigenvalue weighted by Crippen LogP contribution is 2.40. The van der Waals surface area contributed by atoms with Gasteiger partial charge in [-0.05, 0) is 19.3 Å². The largest absolute Gasteiger partial charge is 0.332 e. The van der Waals surface area contributed by atoms with Gasteiger partial charge in [0.25, 0.3) is 0 Å². The predicted molar refractivity (Wildman–Crippen MR) is 194 cm³/mol. The Morgan fingerprint density at radius 2 is 0.455 bits per heavy atom. The third-order valence-corrected chi connectivity index (χ3v) is 9.26. The normalized spacial score (nSPS) is 11.5. The van der Waals surface area contributed by atoms with Gasteiger partial charge >= 0.3 is 17.2 Å². The van der Waals surface area contributed by atoms with Gasteiger partial charge in [-0.25, -0.2) is 0 Å². The first-order valence-corrected chi connectivity index (χ1v) is 21.4. The van der Waals surface area contributed by atoms with Crippen molar-refractivity contribution in [1.29, 1.82) is 0 Å². The van der Waals surface area contributed by atoms with Crippen LogP contribution in [0.4, 0.5) is 0 Å². The highest BCUT2D eigenvalue weighted by atomic mass is 31.2. The minimum atomic E-state index is -2.62. The topological polar surface area (TPSA) is 88.4 Å². The lowest BCUT2D eigenvalue weighted by atomic mass is 10.1. The van der Waals surface area contributed by atoms with Crippen molar-refractivity contribution >= 4 is 17.2 Å². The summed E-state index contributed by atoms with van der Waals surface area (Å²) < 4.78 is 18.4. The molecule has 0 radical (unpaired) electrons. The van der Waals surface area contributed by atoms with E-state index in [2.05, 4.69) is 20.8 Å². The molecule has 0 amide bonds. The van der Waals surface area contributed by atoms with Gasteiger partial charge in [-0.3, -0.25) is 0 Å². The van der Waals surface area contributed by atoms with Crippen LogP contribution in [0.1, 0.15) is 213 Å². The van der Waals surface area contributed by atoms with Crippen LogP contribution in [0.2, 0.25) is 0 Å². The zero-order chi connectivity index (χ0) is 32.6. The Labute approximate surface area is 278 Å². The number of hydrogen-bond donors (Lipinski definition) is 3. The molecule has 0 atom stereocenters.